The summed E-state index contributed by atoms with van der Waals surface area (Å²) in [4.78, 5) is 30.9. The molecule has 0 unspecified atom stereocenters. The standard InChI is InChI=1S/C24H33N7O5S/c1-5-35-16-10-18-21(25-11-16)31-8-7-30(12-15(31)13-36-18)22-27-17-6-9-37(33)19(17)20(28-22)29-24(2,3)14-26-23(32)34-4/h10-11,15H,5-9,12-14H2,1-4H3,(H,26,32)(H,27,28,29)/t15-,37-/m0/s1. The summed E-state index contributed by atoms with van der Waals surface area (Å²) in [5.74, 6) is 3.94. The summed E-state index contributed by atoms with van der Waals surface area (Å²) >= 11 is 0. The minimum absolute atomic E-state index is 0.0924. The fraction of sp³-hybridized carbons (Fsp3) is 0.583. The number of methoxy groups -OCH3 is 1. The molecule has 3 aliphatic rings. The molecule has 13 heteroatoms. The molecule has 0 radical (unpaired) electrons. The van der Waals surface area contributed by atoms with Crippen LogP contribution in [0.2, 0.25) is 0 Å². The molecular weight excluding hydrogens is 498 g/mol. The minimum Gasteiger partial charge on any atom is -0.492 e. The molecule has 1 saturated heterocycles. The predicted molar refractivity (Wildman–Crippen MR) is 139 cm³/mol. The zero-order valence-electron chi connectivity index (χ0n) is 21.6. The second-order valence-corrected chi connectivity index (χ2v) is 11.3. The van der Waals surface area contributed by atoms with Gasteiger partial charge in [-0.2, -0.15) is 4.98 Å². The van der Waals surface area contributed by atoms with Crippen molar-refractivity contribution in [3.05, 3.63) is 18.0 Å². The molecule has 2 aromatic rings. The Hall–Kier alpha value is -3.35. The van der Waals surface area contributed by atoms with Crippen LogP contribution in [0.25, 0.3) is 0 Å². The van der Waals surface area contributed by atoms with Crippen molar-refractivity contribution in [3.8, 4) is 11.5 Å². The largest absolute Gasteiger partial charge is 0.492 e. The number of hydrogen-bond acceptors (Lipinski definition) is 11. The first-order valence-electron chi connectivity index (χ1n) is 12.4. The molecule has 0 saturated carbocycles. The quantitative estimate of drug-likeness (QED) is 0.540. The number of fused-ring (bicyclic) bond motifs is 4. The highest BCUT2D eigenvalue weighted by Gasteiger charge is 2.36. The Kier molecular flexibility index (Phi) is 6.97. The number of aromatic nitrogens is 3. The summed E-state index contributed by atoms with van der Waals surface area (Å²) in [5.41, 5.74) is 0.242. The fourth-order valence-electron chi connectivity index (χ4n) is 4.77. The van der Waals surface area contributed by atoms with Crippen LogP contribution in [0.4, 0.5) is 22.4 Å². The van der Waals surface area contributed by atoms with Crippen LogP contribution in [0, 0.1) is 0 Å². The molecule has 0 bridgehead atoms. The molecule has 200 valence electrons. The van der Waals surface area contributed by atoms with Gasteiger partial charge in [-0.3, -0.25) is 4.21 Å². The first-order valence-corrected chi connectivity index (χ1v) is 13.8. The van der Waals surface area contributed by atoms with Gasteiger partial charge in [0.05, 0.1) is 48.0 Å². The summed E-state index contributed by atoms with van der Waals surface area (Å²) in [6.45, 7) is 9.33. The van der Waals surface area contributed by atoms with Crippen LogP contribution < -0.4 is 29.9 Å². The number of anilines is 3. The Morgan fingerprint density at radius 2 is 2.16 bits per heavy atom. The maximum atomic E-state index is 12.8. The lowest BCUT2D eigenvalue weighted by molar-refractivity contribution is 0.169. The fourth-order valence-corrected chi connectivity index (χ4v) is 6.08. The lowest BCUT2D eigenvalue weighted by Crippen LogP contribution is -2.58. The number of nitrogens with one attached hydrogen (secondary N) is 2. The molecule has 0 spiro atoms. The topological polar surface area (TPSA) is 131 Å². The Morgan fingerprint density at radius 3 is 2.95 bits per heavy atom. The first-order chi connectivity index (χ1) is 17.8. The van der Waals surface area contributed by atoms with Gasteiger partial charge in [-0.25, -0.2) is 14.8 Å². The first kappa shape index (κ1) is 25.3. The van der Waals surface area contributed by atoms with E-state index in [-0.39, 0.29) is 6.04 Å². The van der Waals surface area contributed by atoms with Crippen molar-refractivity contribution in [3.63, 3.8) is 0 Å². The summed E-state index contributed by atoms with van der Waals surface area (Å²) in [6, 6.07) is 1.99. The van der Waals surface area contributed by atoms with Crippen LogP contribution >= 0.6 is 0 Å². The van der Waals surface area contributed by atoms with Crippen molar-refractivity contribution >= 4 is 34.5 Å². The predicted octanol–water partition coefficient (Wildman–Crippen LogP) is 1.57. The number of ether oxygens (including phenoxy) is 3. The normalized spacial score (nSPS) is 20.3. The van der Waals surface area contributed by atoms with Crippen molar-refractivity contribution in [1.82, 2.24) is 20.3 Å². The number of carbonyl (C=O) groups excluding carboxylic acids is 1. The molecule has 37 heavy (non-hydrogen) atoms. The van der Waals surface area contributed by atoms with Gasteiger partial charge in [0.1, 0.15) is 23.1 Å². The number of amides is 1. The van der Waals surface area contributed by atoms with Crippen LogP contribution in [-0.4, -0.2) is 89.1 Å². The minimum atomic E-state index is -1.17. The average molecular weight is 532 g/mol. The van der Waals surface area contributed by atoms with E-state index in [4.69, 9.17) is 19.4 Å². The Morgan fingerprint density at radius 1 is 1.32 bits per heavy atom. The van der Waals surface area contributed by atoms with Crippen LogP contribution in [0.3, 0.4) is 0 Å². The van der Waals surface area contributed by atoms with E-state index in [0.717, 1.165) is 23.8 Å². The third-order valence-corrected chi connectivity index (χ3v) is 8.04. The van der Waals surface area contributed by atoms with E-state index in [1.807, 2.05) is 26.8 Å². The van der Waals surface area contributed by atoms with E-state index in [1.165, 1.54) is 7.11 Å². The lowest BCUT2D eigenvalue weighted by Gasteiger charge is -2.44. The van der Waals surface area contributed by atoms with E-state index >= 15 is 0 Å². The third-order valence-electron chi connectivity index (χ3n) is 6.58. The highest BCUT2D eigenvalue weighted by atomic mass is 32.2. The molecule has 12 nitrogen and oxygen atoms in total. The Bertz CT molecular complexity index is 1210. The van der Waals surface area contributed by atoms with Crippen LogP contribution in [0.15, 0.2) is 17.2 Å². The second-order valence-electron chi connectivity index (χ2n) is 9.83. The Balaban J connectivity index is 1.36. The molecule has 2 N–H and O–H groups in total. The molecule has 0 aromatic carbocycles. The van der Waals surface area contributed by atoms with Gasteiger partial charge >= 0.3 is 6.09 Å². The van der Waals surface area contributed by atoms with Gasteiger partial charge in [-0.05, 0) is 20.8 Å². The summed E-state index contributed by atoms with van der Waals surface area (Å²) in [6.07, 6.45) is 1.86. The van der Waals surface area contributed by atoms with Gasteiger partial charge in [0.25, 0.3) is 0 Å². The van der Waals surface area contributed by atoms with Gasteiger partial charge in [0.2, 0.25) is 5.95 Å². The lowest BCUT2D eigenvalue weighted by atomic mass is 10.1. The highest BCUT2D eigenvalue weighted by Crippen LogP contribution is 2.37. The molecule has 3 aliphatic heterocycles. The number of piperazine rings is 1. The van der Waals surface area contributed by atoms with Gasteiger partial charge in [-0.1, -0.05) is 0 Å². The summed E-state index contributed by atoms with van der Waals surface area (Å²) < 4.78 is 29.1. The highest BCUT2D eigenvalue weighted by molar-refractivity contribution is 7.85. The van der Waals surface area contributed by atoms with Crippen molar-refractivity contribution < 1.29 is 23.2 Å². The summed E-state index contributed by atoms with van der Waals surface area (Å²) in [5, 5.41) is 6.11. The van der Waals surface area contributed by atoms with E-state index < -0.39 is 22.4 Å². The number of pyridine rings is 1. The molecule has 2 aromatic heterocycles. The van der Waals surface area contributed by atoms with E-state index in [2.05, 4.69) is 30.2 Å². The molecule has 1 amide bonds. The van der Waals surface area contributed by atoms with Crippen molar-refractivity contribution in [1.29, 1.82) is 0 Å². The molecular formula is C24H33N7O5S. The van der Waals surface area contributed by atoms with Gasteiger partial charge in [0.15, 0.2) is 11.6 Å². The number of rotatable bonds is 7. The number of hydrogen-bond donors (Lipinski definition) is 2. The average Bonchev–Trinajstić information content (AvgIpc) is 3.27. The smallest absolute Gasteiger partial charge is 0.406 e. The van der Waals surface area contributed by atoms with Crippen molar-refractivity contribution in [2.24, 2.45) is 0 Å². The third kappa shape index (κ3) is 5.22. The number of aryl methyl sites for hydroxylation is 1. The number of carbonyl (C=O) groups is 1. The zero-order chi connectivity index (χ0) is 26.2. The monoisotopic (exact) mass is 531 g/mol. The SMILES string of the molecule is CCOc1cnc2c(c1)OC[C@@H]1CN(c3nc4c(c(NC(C)(C)CNC(=O)OC)n3)[S@@](=O)CC4)CCN21. The van der Waals surface area contributed by atoms with Gasteiger partial charge in [0, 0.05) is 44.4 Å². The van der Waals surface area contributed by atoms with E-state index in [9.17, 15) is 9.00 Å². The van der Waals surface area contributed by atoms with Crippen LogP contribution in [0.5, 0.6) is 11.5 Å². The van der Waals surface area contributed by atoms with Crippen molar-refractivity contribution in [2.45, 2.75) is 43.7 Å². The van der Waals surface area contributed by atoms with Gasteiger partial charge < -0.3 is 34.6 Å². The maximum absolute atomic E-state index is 12.8. The number of nitrogens with zero attached hydrogens (tertiary/aromatic N) is 5. The Labute approximate surface area is 218 Å². The molecule has 1 fully saturated rings. The van der Waals surface area contributed by atoms with Crippen LogP contribution in [-0.2, 0) is 22.0 Å². The zero-order valence-corrected chi connectivity index (χ0v) is 22.4. The van der Waals surface area contributed by atoms with E-state index in [1.54, 1.807) is 6.20 Å². The molecule has 2 atom stereocenters. The number of alkyl carbamates (subject to hydrolysis) is 1. The van der Waals surface area contributed by atoms with Gasteiger partial charge in [-0.15, -0.1) is 0 Å². The molecule has 5 rings (SSSR count). The van der Waals surface area contributed by atoms with Crippen molar-refractivity contribution in [2.75, 3.05) is 67.4 Å². The maximum Gasteiger partial charge on any atom is 0.406 e. The summed E-state index contributed by atoms with van der Waals surface area (Å²) in [7, 11) is 0.154. The molecule has 0 aliphatic carbocycles. The second kappa shape index (κ2) is 10.2. The van der Waals surface area contributed by atoms with E-state index in [0.29, 0.717) is 67.4 Å². The van der Waals surface area contributed by atoms with Crippen LogP contribution in [0.1, 0.15) is 26.5 Å². The molecule has 5 heterocycles.